The number of para-hydroxylation sites is 1. The molecule has 0 unspecified atom stereocenters. The molecule has 0 fully saturated rings. The van der Waals surface area contributed by atoms with Crippen molar-refractivity contribution in [1.82, 2.24) is 0 Å². The number of rotatable bonds is 3. The minimum absolute atomic E-state index is 0.498. The minimum Gasteiger partial charge on any atom is -0.455 e. The summed E-state index contributed by atoms with van der Waals surface area (Å²) in [4.78, 5) is 0. The summed E-state index contributed by atoms with van der Waals surface area (Å²) >= 11 is 0. The van der Waals surface area contributed by atoms with E-state index in [0.29, 0.717) is 0 Å². The van der Waals surface area contributed by atoms with Gasteiger partial charge in [-0.1, -0.05) is 139 Å². The Kier molecular flexibility index (Phi) is 1.94. The number of hydrogen-bond donors (Lipinski definition) is 0. The van der Waals surface area contributed by atoms with Crippen LogP contribution >= 0.6 is 0 Å². The summed E-state index contributed by atoms with van der Waals surface area (Å²) in [5.74, 6) is 0. The van der Waals surface area contributed by atoms with Crippen LogP contribution in [0.3, 0.4) is 0 Å². The molecule has 0 aliphatic rings. The zero-order valence-corrected chi connectivity index (χ0v) is 19.4. The van der Waals surface area contributed by atoms with E-state index < -0.39 is 222 Å². The summed E-state index contributed by atoms with van der Waals surface area (Å²) in [6.07, 6.45) is 0. The Hall–Kier alpha value is -5.14. The number of hydrogen-bond acceptors (Lipinski definition) is 1. The standard InChI is InChI=1S/C38H24O/c1-3-13-25(14-4-1)27-21-12-24-34-37(27)33-23-11-22-32(38(33)39-34)36-30-19-9-7-17-28(30)35(26-15-5-2-6-16-26)29-18-8-10-20-31(29)36/h1-24H/i1D,2D,3D,4D,5D,6D,7D,8D,9D,10D,11D,12D,13D,14D,15D,16D,17D,18D,19D,20D,21D,22D,23D,24D. The molecule has 0 aliphatic carbocycles. The van der Waals surface area contributed by atoms with Crippen LogP contribution in [0.2, 0.25) is 0 Å². The van der Waals surface area contributed by atoms with Crippen molar-refractivity contribution in [3.8, 4) is 33.4 Å². The van der Waals surface area contributed by atoms with E-state index in [1.165, 1.54) is 0 Å². The van der Waals surface area contributed by atoms with Gasteiger partial charge in [-0.25, -0.2) is 0 Å². The van der Waals surface area contributed by atoms with Crippen molar-refractivity contribution in [2.75, 3.05) is 0 Å². The van der Waals surface area contributed by atoms with Gasteiger partial charge in [0, 0.05) is 21.9 Å². The topological polar surface area (TPSA) is 13.1 Å². The molecule has 0 amide bonds. The highest BCUT2D eigenvalue weighted by molar-refractivity contribution is 6.25. The highest BCUT2D eigenvalue weighted by atomic mass is 16.3. The van der Waals surface area contributed by atoms with Crippen molar-refractivity contribution in [3.63, 3.8) is 0 Å². The molecule has 0 bridgehead atoms. The average molecular weight is 521 g/mol. The van der Waals surface area contributed by atoms with Crippen molar-refractivity contribution in [1.29, 1.82) is 0 Å². The molecule has 0 saturated heterocycles. The zero-order valence-electron chi connectivity index (χ0n) is 43.4. The van der Waals surface area contributed by atoms with E-state index in [9.17, 15) is 6.85 Å². The molecule has 8 aromatic rings. The van der Waals surface area contributed by atoms with Crippen molar-refractivity contribution < 1.29 is 37.3 Å². The largest absolute Gasteiger partial charge is 0.455 e. The molecular formula is C38H24O. The molecule has 1 aromatic heterocycles. The summed E-state index contributed by atoms with van der Waals surface area (Å²) in [5.41, 5.74) is -5.28. The first-order valence-corrected chi connectivity index (χ1v) is 11.4. The second-order valence-electron chi connectivity index (χ2n) is 8.26. The fourth-order valence-electron chi connectivity index (χ4n) is 4.72. The van der Waals surface area contributed by atoms with Crippen LogP contribution in [-0.2, 0) is 0 Å². The molecule has 1 nitrogen and oxygen atoms in total. The fraction of sp³-hybridized carbons (Fsp3) is 0. The third kappa shape index (κ3) is 3.34. The molecule has 0 saturated carbocycles. The van der Waals surface area contributed by atoms with Crippen LogP contribution in [0.25, 0.3) is 76.9 Å². The number of fused-ring (bicyclic) bond motifs is 5. The van der Waals surface area contributed by atoms with Gasteiger partial charge in [0.15, 0.2) is 0 Å². The second-order valence-corrected chi connectivity index (χ2v) is 8.26. The molecule has 0 radical (unpaired) electrons. The zero-order chi connectivity index (χ0) is 46.6. The maximum Gasteiger partial charge on any atom is 0.143 e. The lowest BCUT2D eigenvalue weighted by Crippen LogP contribution is -1.91. The molecule has 182 valence electrons. The van der Waals surface area contributed by atoms with Gasteiger partial charge in [-0.05, 0) is 49.8 Å². The second kappa shape index (κ2) is 8.72. The van der Waals surface area contributed by atoms with Gasteiger partial charge in [0.05, 0.1) is 32.9 Å². The Morgan fingerprint density at radius 2 is 0.872 bits per heavy atom. The Labute approximate surface area is 260 Å². The predicted octanol–water partition coefficient (Wildman–Crippen LogP) is 10.9. The van der Waals surface area contributed by atoms with Crippen LogP contribution in [0.15, 0.2) is 149 Å². The Balaban J connectivity index is 1.77. The molecule has 7 aromatic carbocycles. The monoisotopic (exact) mass is 520 g/mol. The van der Waals surface area contributed by atoms with E-state index in [2.05, 4.69) is 0 Å². The molecule has 1 heteroatoms. The smallest absolute Gasteiger partial charge is 0.143 e. The quantitative estimate of drug-likeness (QED) is 0.211. The van der Waals surface area contributed by atoms with Crippen molar-refractivity contribution in [2.45, 2.75) is 0 Å². The van der Waals surface area contributed by atoms with Gasteiger partial charge in [-0.2, -0.15) is 0 Å². The van der Waals surface area contributed by atoms with Crippen LogP contribution in [0, 0.1) is 0 Å². The van der Waals surface area contributed by atoms with Gasteiger partial charge >= 0.3 is 0 Å². The van der Waals surface area contributed by atoms with E-state index in [1.807, 2.05) is 0 Å². The lowest BCUT2D eigenvalue weighted by molar-refractivity contribution is 0.670. The van der Waals surface area contributed by atoms with E-state index in [0.717, 1.165) is 0 Å². The van der Waals surface area contributed by atoms with Gasteiger partial charge in [0.2, 0.25) is 0 Å². The Bertz CT molecular complexity index is 3360. The summed E-state index contributed by atoms with van der Waals surface area (Å²) in [5, 5.41) is -3.68. The maximum absolute atomic E-state index is 9.36. The Morgan fingerprint density at radius 1 is 0.385 bits per heavy atom. The summed E-state index contributed by atoms with van der Waals surface area (Å²) in [6.45, 7) is 0. The van der Waals surface area contributed by atoms with Gasteiger partial charge in [-0.3, -0.25) is 0 Å². The van der Waals surface area contributed by atoms with E-state index in [1.54, 1.807) is 0 Å². The van der Waals surface area contributed by atoms with Crippen LogP contribution in [0.1, 0.15) is 32.9 Å². The molecular weight excluding hydrogens is 472 g/mol. The first kappa shape index (κ1) is 8.69. The highest BCUT2D eigenvalue weighted by Crippen LogP contribution is 2.47. The fourth-order valence-corrected chi connectivity index (χ4v) is 4.72. The summed E-state index contributed by atoms with van der Waals surface area (Å²) < 4.78 is 217. The first-order chi connectivity index (χ1) is 29.3. The van der Waals surface area contributed by atoms with Crippen LogP contribution < -0.4 is 0 Å². The number of furan rings is 1. The number of benzene rings is 7. The van der Waals surface area contributed by atoms with Crippen molar-refractivity contribution in [2.24, 2.45) is 0 Å². The first-order valence-electron chi connectivity index (χ1n) is 23.4. The molecule has 0 spiro atoms. The lowest BCUT2D eigenvalue weighted by atomic mass is 9.85. The lowest BCUT2D eigenvalue weighted by Gasteiger charge is -2.17. The molecule has 39 heavy (non-hydrogen) atoms. The minimum atomic E-state index is -0.960. The highest BCUT2D eigenvalue weighted by Gasteiger charge is 2.21. The Morgan fingerprint density at radius 3 is 1.51 bits per heavy atom. The van der Waals surface area contributed by atoms with Crippen LogP contribution in [0.4, 0.5) is 0 Å². The van der Waals surface area contributed by atoms with Gasteiger partial charge < -0.3 is 4.42 Å². The third-order valence-electron chi connectivity index (χ3n) is 6.25. The van der Waals surface area contributed by atoms with Crippen molar-refractivity contribution >= 4 is 43.5 Å². The maximum atomic E-state index is 9.36. The molecule has 0 aliphatic heterocycles. The SMILES string of the molecule is [2H]c1c([2H])c([2H])c(-c2c3c([2H])c([2H])c([2H])c([2H])c3c(-c3c([2H])c([2H])c([2H])c4c3oc3c([2H])c([2H])c([2H])c(-c5c([2H])c([2H])c([2H])c([2H])c5[2H])c34)c3c([2H])c([2H])c([2H])c([2H])c23)c([2H])c1[2H]. The van der Waals surface area contributed by atoms with Crippen LogP contribution in [-0.4, -0.2) is 0 Å². The third-order valence-corrected chi connectivity index (χ3v) is 6.25. The van der Waals surface area contributed by atoms with Crippen molar-refractivity contribution in [3.05, 3.63) is 145 Å². The van der Waals surface area contributed by atoms with Crippen LogP contribution in [0.5, 0.6) is 0 Å². The van der Waals surface area contributed by atoms with E-state index in [4.69, 9.17) is 30.5 Å². The van der Waals surface area contributed by atoms with Gasteiger partial charge in [0.25, 0.3) is 0 Å². The average Bonchev–Trinajstić information content (AvgIpc) is 3.65. The van der Waals surface area contributed by atoms with E-state index in [-0.39, 0.29) is 0 Å². The summed E-state index contributed by atoms with van der Waals surface area (Å²) in [7, 11) is 0. The normalized spacial score (nSPS) is 20.2. The summed E-state index contributed by atoms with van der Waals surface area (Å²) in [6, 6.07) is -21.5. The molecule has 0 N–H and O–H groups in total. The predicted molar refractivity (Wildman–Crippen MR) is 165 cm³/mol. The van der Waals surface area contributed by atoms with E-state index >= 15 is 0 Å². The van der Waals surface area contributed by atoms with Gasteiger partial charge in [0.1, 0.15) is 11.2 Å². The van der Waals surface area contributed by atoms with Gasteiger partial charge in [-0.15, -0.1) is 0 Å². The molecule has 0 atom stereocenters. The molecule has 8 rings (SSSR count). The molecule has 1 heterocycles.